The highest BCUT2D eigenvalue weighted by Crippen LogP contribution is 2.25. The average Bonchev–Trinajstić information content (AvgIpc) is 2.99. The lowest BCUT2D eigenvalue weighted by atomic mass is 9.99. The van der Waals surface area contributed by atoms with Crippen molar-refractivity contribution >= 4 is 16.5 Å². The fourth-order valence-corrected chi connectivity index (χ4v) is 2.88. The van der Waals surface area contributed by atoms with Crippen molar-refractivity contribution in [2.24, 2.45) is 0 Å². The van der Waals surface area contributed by atoms with E-state index < -0.39 is 0 Å². The molecule has 0 unspecified atom stereocenters. The van der Waals surface area contributed by atoms with Gasteiger partial charge in [0.05, 0.1) is 17.4 Å². The van der Waals surface area contributed by atoms with Gasteiger partial charge >= 0.3 is 0 Å². The molecule has 3 nitrogen and oxygen atoms in total. The summed E-state index contributed by atoms with van der Waals surface area (Å²) in [6.45, 7) is 2.02. The highest BCUT2D eigenvalue weighted by atomic mass is 15.3. The van der Waals surface area contributed by atoms with E-state index in [-0.39, 0.29) is 0 Å². The van der Waals surface area contributed by atoms with Crippen LogP contribution >= 0.6 is 0 Å². The lowest BCUT2D eigenvalue weighted by molar-refractivity contribution is 0.738. The number of fused-ring (bicyclic) bond motifs is 1. The number of aromatic nitrogens is 2. The van der Waals surface area contributed by atoms with Crippen LogP contribution in [0, 0.1) is 0 Å². The van der Waals surface area contributed by atoms with Gasteiger partial charge in [-0.15, -0.1) is 0 Å². The van der Waals surface area contributed by atoms with Crippen LogP contribution in [0.15, 0.2) is 60.8 Å². The summed E-state index contributed by atoms with van der Waals surface area (Å²) in [4.78, 5) is 0. The molecule has 21 heavy (non-hydrogen) atoms. The minimum Gasteiger partial charge on any atom is -0.313 e. The molecule has 0 bridgehead atoms. The van der Waals surface area contributed by atoms with Gasteiger partial charge in [0.25, 0.3) is 0 Å². The Hall–Kier alpha value is -2.39. The van der Waals surface area contributed by atoms with Gasteiger partial charge in [0.1, 0.15) is 0 Å². The Bertz CT molecular complexity index is 800. The number of hydrogen-bond donors (Lipinski definition) is 1. The Morgan fingerprint density at radius 2 is 1.95 bits per heavy atom. The second kappa shape index (κ2) is 5.19. The molecule has 2 aromatic carbocycles. The van der Waals surface area contributed by atoms with Gasteiger partial charge < -0.3 is 5.32 Å². The molecule has 3 aromatic rings. The van der Waals surface area contributed by atoms with Crippen molar-refractivity contribution in [2.75, 3.05) is 13.1 Å². The van der Waals surface area contributed by atoms with E-state index in [9.17, 15) is 0 Å². The van der Waals surface area contributed by atoms with E-state index in [4.69, 9.17) is 0 Å². The fourth-order valence-electron chi connectivity index (χ4n) is 2.88. The predicted octanol–water partition coefficient (Wildman–Crippen LogP) is 3.40. The Balaban J connectivity index is 1.85. The van der Waals surface area contributed by atoms with Gasteiger partial charge in [-0.1, -0.05) is 36.4 Å². The number of nitrogens with one attached hydrogen (secondary N) is 1. The Labute approximate surface area is 123 Å². The van der Waals surface area contributed by atoms with Gasteiger partial charge in [-0.3, -0.25) is 0 Å². The highest BCUT2D eigenvalue weighted by molar-refractivity contribution is 5.84. The normalized spacial score (nSPS) is 15.1. The quantitative estimate of drug-likeness (QED) is 0.777. The third-order valence-electron chi connectivity index (χ3n) is 4.01. The Morgan fingerprint density at radius 1 is 1.05 bits per heavy atom. The zero-order valence-corrected chi connectivity index (χ0v) is 11.8. The minimum absolute atomic E-state index is 0.964. The first kappa shape index (κ1) is 12.4. The number of hydrogen-bond acceptors (Lipinski definition) is 2. The number of rotatable bonds is 2. The number of nitrogens with zero attached hydrogens (tertiary/aromatic N) is 2. The van der Waals surface area contributed by atoms with Crippen LogP contribution in [-0.2, 0) is 0 Å². The summed E-state index contributed by atoms with van der Waals surface area (Å²) in [6, 6.07) is 16.9. The molecule has 0 spiro atoms. The number of benzene rings is 2. The smallest absolute Gasteiger partial charge is 0.0747 e. The second-order valence-electron chi connectivity index (χ2n) is 5.35. The van der Waals surface area contributed by atoms with Crippen LogP contribution in [-0.4, -0.2) is 22.9 Å². The molecular formula is C18H17N3. The molecule has 104 valence electrons. The lowest BCUT2D eigenvalue weighted by Gasteiger charge is -2.14. The van der Waals surface area contributed by atoms with E-state index >= 15 is 0 Å². The Morgan fingerprint density at radius 3 is 2.76 bits per heavy atom. The van der Waals surface area contributed by atoms with Gasteiger partial charge in [-0.25, -0.2) is 4.68 Å². The van der Waals surface area contributed by atoms with E-state index in [0.717, 1.165) is 30.7 Å². The first-order chi connectivity index (χ1) is 10.4. The minimum atomic E-state index is 0.964. The Kier molecular flexibility index (Phi) is 3.05. The maximum Gasteiger partial charge on any atom is 0.0747 e. The van der Waals surface area contributed by atoms with Crippen LogP contribution in [0.4, 0.5) is 0 Å². The summed E-state index contributed by atoms with van der Waals surface area (Å²) in [5.74, 6) is 0. The van der Waals surface area contributed by atoms with Crippen LogP contribution in [0.2, 0.25) is 0 Å². The van der Waals surface area contributed by atoms with Crippen LogP contribution < -0.4 is 5.32 Å². The van der Waals surface area contributed by atoms with E-state index in [1.807, 2.05) is 29.1 Å². The maximum absolute atomic E-state index is 4.54. The van der Waals surface area contributed by atoms with Crippen LogP contribution in [0.1, 0.15) is 12.0 Å². The molecule has 2 heterocycles. The zero-order valence-electron chi connectivity index (χ0n) is 11.8. The molecule has 4 rings (SSSR count). The topological polar surface area (TPSA) is 29.9 Å². The molecule has 0 atom stereocenters. The lowest BCUT2D eigenvalue weighted by Crippen LogP contribution is -2.19. The molecule has 0 saturated heterocycles. The van der Waals surface area contributed by atoms with Gasteiger partial charge in [-0.2, -0.15) is 5.10 Å². The molecular weight excluding hydrogens is 258 g/mol. The van der Waals surface area contributed by atoms with Crippen molar-refractivity contribution in [1.82, 2.24) is 15.1 Å². The van der Waals surface area contributed by atoms with Gasteiger partial charge in [0, 0.05) is 11.9 Å². The molecule has 0 saturated carbocycles. The fraction of sp³-hybridized carbons (Fsp3) is 0.167. The summed E-state index contributed by atoms with van der Waals surface area (Å²) in [5.41, 5.74) is 5.00. The van der Waals surface area contributed by atoms with Crippen LogP contribution in [0.25, 0.3) is 22.2 Å². The van der Waals surface area contributed by atoms with E-state index in [0.29, 0.717) is 0 Å². The average molecular weight is 275 g/mol. The molecule has 0 aliphatic carbocycles. The van der Waals surface area contributed by atoms with Crippen molar-refractivity contribution in [2.45, 2.75) is 6.42 Å². The summed E-state index contributed by atoms with van der Waals surface area (Å²) >= 11 is 0. The van der Waals surface area contributed by atoms with Crippen molar-refractivity contribution in [3.05, 3.63) is 66.4 Å². The monoisotopic (exact) mass is 275 g/mol. The molecule has 1 aliphatic rings. The van der Waals surface area contributed by atoms with E-state index in [2.05, 4.69) is 46.8 Å². The summed E-state index contributed by atoms with van der Waals surface area (Å²) in [5, 5.41) is 9.07. The summed E-state index contributed by atoms with van der Waals surface area (Å²) in [6.07, 6.45) is 5.31. The molecule has 3 heteroatoms. The first-order valence-electron chi connectivity index (χ1n) is 7.35. The maximum atomic E-state index is 4.54. The van der Waals surface area contributed by atoms with Gasteiger partial charge in [0.2, 0.25) is 0 Å². The largest absolute Gasteiger partial charge is 0.313 e. The molecule has 0 radical (unpaired) electrons. The molecule has 1 N–H and O–H groups in total. The van der Waals surface area contributed by atoms with E-state index in [1.54, 1.807) is 0 Å². The van der Waals surface area contributed by atoms with Gasteiger partial charge in [0.15, 0.2) is 0 Å². The molecule has 0 amide bonds. The third kappa shape index (κ3) is 2.26. The summed E-state index contributed by atoms with van der Waals surface area (Å²) < 4.78 is 2.01. The molecule has 0 fully saturated rings. The highest BCUT2D eigenvalue weighted by Gasteiger charge is 2.09. The second-order valence-corrected chi connectivity index (χ2v) is 5.35. The van der Waals surface area contributed by atoms with E-state index in [1.165, 1.54) is 16.5 Å². The number of para-hydroxylation sites is 1. The third-order valence-corrected chi connectivity index (χ3v) is 4.01. The van der Waals surface area contributed by atoms with Crippen LogP contribution in [0.5, 0.6) is 0 Å². The van der Waals surface area contributed by atoms with Crippen molar-refractivity contribution < 1.29 is 0 Å². The molecule has 1 aliphatic heterocycles. The predicted molar refractivity (Wildman–Crippen MR) is 86.5 cm³/mol. The first-order valence-corrected chi connectivity index (χ1v) is 7.35. The van der Waals surface area contributed by atoms with Gasteiger partial charge in [-0.05, 0) is 42.3 Å². The molecule has 1 aromatic heterocycles. The SMILES string of the molecule is C1=C(c2ccc3cnn(-c4ccccc4)c3c2)CCNC1. The zero-order chi connectivity index (χ0) is 14.1. The summed E-state index contributed by atoms with van der Waals surface area (Å²) in [7, 11) is 0. The standard InChI is InChI=1S/C18H17N3/c1-2-4-17(5-3-1)21-18-12-15(6-7-16(18)13-20-21)14-8-10-19-11-9-14/h1-8,12-13,19H,9-11H2. The van der Waals surface area contributed by atoms with Crippen molar-refractivity contribution in [3.63, 3.8) is 0 Å². The van der Waals surface area contributed by atoms with Crippen molar-refractivity contribution in [1.29, 1.82) is 0 Å². The van der Waals surface area contributed by atoms with Crippen LogP contribution in [0.3, 0.4) is 0 Å². The van der Waals surface area contributed by atoms with Crippen molar-refractivity contribution in [3.8, 4) is 5.69 Å².